The van der Waals surface area contributed by atoms with E-state index in [1.807, 2.05) is 12.3 Å². The predicted molar refractivity (Wildman–Crippen MR) is 117 cm³/mol. The Morgan fingerprint density at radius 2 is 1.22 bits per heavy atom. The van der Waals surface area contributed by atoms with Crippen molar-refractivity contribution in [2.24, 2.45) is 0 Å². The number of para-hydroxylation sites is 1. The molecule has 6 rings (SSSR count). The van der Waals surface area contributed by atoms with Crippen LogP contribution in [0.5, 0.6) is 0 Å². The van der Waals surface area contributed by atoms with Gasteiger partial charge in [0, 0.05) is 27.9 Å². The highest BCUT2D eigenvalue weighted by Crippen LogP contribution is 2.65. The molecule has 27 heavy (non-hydrogen) atoms. The van der Waals surface area contributed by atoms with Crippen LogP contribution in [-0.2, 0) is 11.8 Å². The summed E-state index contributed by atoms with van der Waals surface area (Å²) in [5.41, 5.74) is 6.98. The van der Waals surface area contributed by atoms with Gasteiger partial charge in [-0.3, -0.25) is 4.98 Å². The van der Waals surface area contributed by atoms with Crippen LogP contribution in [0, 0.1) is 0 Å². The fourth-order valence-corrected chi connectivity index (χ4v) is 9.06. The SMILES string of the molecule is S=P12c3ccccc3-c3ccccc3N1c1cccnc1-c1ccccc12. The quantitative estimate of drug-likeness (QED) is 0.388. The van der Waals surface area contributed by atoms with Crippen LogP contribution < -0.4 is 15.3 Å². The van der Waals surface area contributed by atoms with Crippen molar-refractivity contribution in [3.63, 3.8) is 0 Å². The first kappa shape index (κ1) is 15.3. The molecule has 2 aliphatic heterocycles. The highest BCUT2D eigenvalue weighted by atomic mass is 32.4. The molecule has 0 saturated heterocycles. The molecule has 0 spiro atoms. The van der Waals surface area contributed by atoms with Crippen molar-refractivity contribution >= 4 is 40.0 Å². The van der Waals surface area contributed by atoms with E-state index < -0.39 is 6.19 Å². The van der Waals surface area contributed by atoms with Gasteiger partial charge in [0.15, 0.2) is 0 Å². The minimum Gasteiger partial charge on any atom is -0.303 e. The van der Waals surface area contributed by atoms with Gasteiger partial charge >= 0.3 is 0 Å². The Kier molecular flexibility index (Phi) is 3.06. The number of benzene rings is 3. The maximum atomic E-state index is 6.60. The largest absolute Gasteiger partial charge is 0.303 e. The molecule has 0 fully saturated rings. The number of hydrogen-bond donors (Lipinski definition) is 0. The van der Waals surface area contributed by atoms with E-state index in [9.17, 15) is 0 Å². The first-order valence-electron chi connectivity index (χ1n) is 8.95. The molecule has 2 aliphatic rings. The van der Waals surface area contributed by atoms with Gasteiger partial charge in [-0.1, -0.05) is 78.5 Å². The van der Waals surface area contributed by atoms with E-state index in [2.05, 4.69) is 83.5 Å². The molecule has 0 saturated carbocycles. The lowest BCUT2D eigenvalue weighted by Gasteiger charge is -2.46. The van der Waals surface area contributed by atoms with E-state index >= 15 is 0 Å². The molecule has 0 radical (unpaired) electrons. The summed E-state index contributed by atoms with van der Waals surface area (Å²) in [5.74, 6) is 0. The zero-order valence-corrected chi connectivity index (χ0v) is 16.1. The Morgan fingerprint density at radius 1 is 0.630 bits per heavy atom. The molecule has 3 heterocycles. The summed E-state index contributed by atoms with van der Waals surface area (Å²) in [5, 5.41) is 2.49. The number of pyridine rings is 1. The molecule has 128 valence electrons. The van der Waals surface area contributed by atoms with Gasteiger partial charge in [-0.05, 0) is 23.8 Å². The second-order valence-corrected chi connectivity index (χ2v) is 10.9. The van der Waals surface area contributed by atoms with Gasteiger partial charge in [0.05, 0.1) is 23.3 Å². The lowest BCUT2D eigenvalue weighted by molar-refractivity contribution is 1.28. The molecule has 0 amide bonds. The molecular formula is C23H15N2PS. The summed E-state index contributed by atoms with van der Waals surface area (Å²) >= 11 is 6.60. The first-order chi connectivity index (χ1) is 13.3. The highest BCUT2D eigenvalue weighted by Gasteiger charge is 2.44. The molecule has 1 unspecified atom stereocenters. The fourth-order valence-electron chi connectivity index (χ4n) is 4.34. The number of rotatable bonds is 0. The summed E-state index contributed by atoms with van der Waals surface area (Å²) < 4.78 is 2.41. The molecule has 0 N–H and O–H groups in total. The third-order valence-electron chi connectivity index (χ3n) is 5.43. The zero-order chi connectivity index (χ0) is 18.0. The van der Waals surface area contributed by atoms with E-state index in [0.717, 1.165) is 11.4 Å². The van der Waals surface area contributed by atoms with Crippen molar-refractivity contribution in [2.75, 3.05) is 4.67 Å². The first-order valence-corrected chi connectivity index (χ1v) is 11.7. The van der Waals surface area contributed by atoms with E-state index in [1.165, 1.54) is 33.0 Å². The lowest BCUT2D eigenvalue weighted by Crippen LogP contribution is -2.37. The number of nitrogens with zero attached hydrogens (tertiary/aromatic N) is 2. The molecule has 2 nitrogen and oxygen atoms in total. The van der Waals surface area contributed by atoms with Crippen molar-refractivity contribution in [1.82, 2.24) is 4.98 Å². The van der Waals surface area contributed by atoms with Gasteiger partial charge in [-0.25, -0.2) is 0 Å². The van der Waals surface area contributed by atoms with Crippen molar-refractivity contribution in [1.29, 1.82) is 0 Å². The van der Waals surface area contributed by atoms with Crippen LogP contribution in [0.2, 0.25) is 0 Å². The maximum absolute atomic E-state index is 6.60. The molecule has 1 atom stereocenters. The average Bonchev–Trinajstić information content (AvgIpc) is 2.74. The van der Waals surface area contributed by atoms with Crippen molar-refractivity contribution in [3.05, 3.63) is 91.1 Å². The molecule has 0 bridgehead atoms. The van der Waals surface area contributed by atoms with Gasteiger partial charge in [0.2, 0.25) is 0 Å². The fraction of sp³-hybridized carbons (Fsp3) is 0. The van der Waals surface area contributed by atoms with Crippen LogP contribution in [0.25, 0.3) is 22.4 Å². The van der Waals surface area contributed by atoms with E-state index in [-0.39, 0.29) is 0 Å². The van der Waals surface area contributed by atoms with Gasteiger partial charge in [0.1, 0.15) is 0 Å². The van der Waals surface area contributed by atoms with Crippen LogP contribution in [-0.4, -0.2) is 4.98 Å². The summed E-state index contributed by atoms with van der Waals surface area (Å²) in [4.78, 5) is 4.74. The van der Waals surface area contributed by atoms with Crippen molar-refractivity contribution in [2.45, 2.75) is 0 Å². The van der Waals surface area contributed by atoms with Crippen LogP contribution in [0.1, 0.15) is 0 Å². The molecule has 3 aromatic carbocycles. The normalized spacial score (nSPS) is 18.6. The second-order valence-electron chi connectivity index (χ2n) is 6.81. The Hall–Kier alpha value is -2.74. The van der Waals surface area contributed by atoms with Gasteiger partial charge in [-0.2, -0.15) is 0 Å². The third kappa shape index (κ3) is 1.86. The lowest BCUT2D eigenvalue weighted by atomic mass is 10.0. The Labute approximate surface area is 163 Å². The summed E-state index contributed by atoms with van der Waals surface area (Å²) in [6, 6.07) is 30.0. The van der Waals surface area contributed by atoms with Gasteiger partial charge in [0.25, 0.3) is 0 Å². The standard InChI is InChI=1S/C23H15N2PS/c27-26-21-13-5-2-9-17(21)16-8-1-4-11-19(16)25(26)20-12-7-15-24-23(20)18-10-3-6-14-22(18)26/h1-15H. The van der Waals surface area contributed by atoms with Crippen LogP contribution in [0.3, 0.4) is 0 Å². The monoisotopic (exact) mass is 382 g/mol. The number of fused-ring (bicyclic) bond motifs is 11. The van der Waals surface area contributed by atoms with E-state index in [4.69, 9.17) is 16.8 Å². The molecule has 1 aromatic heterocycles. The number of aromatic nitrogens is 1. The van der Waals surface area contributed by atoms with Gasteiger partial charge in [-0.15, -0.1) is 0 Å². The van der Waals surface area contributed by atoms with Crippen molar-refractivity contribution < 1.29 is 0 Å². The topological polar surface area (TPSA) is 16.1 Å². The molecular weight excluding hydrogens is 367 g/mol. The minimum atomic E-state index is -2.24. The van der Waals surface area contributed by atoms with Crippen LogP contribution in [0.15, 0.2) is 91.1 Å². The number of anilines is 2. The number of hydrogen-bond acceptors (Lipinski definition) is 2. The van der Waals surface area contributed by atoms with Gasteiger partial charge < -0.3 is 4.67 Å². The van der Waals surface area contributed by atoms with Crippen LogP contribution >= 0.6 is 6.19 Å². The Balaban J connectivity index is 1.84. The predicted octanol–water partition coefficient (Wildman–Crippen LogP) is 5.23. The summed E-state index contributed by atoms with van der Waals surface area (Å²) in [6.45, 7) is 0. The molecule has 0 aliphatic carbocycles. The molecule has 4 heteroatoms. The van der Waals surface area contributed by atoms with E-state index in [0.29, 0.717) is 0 Å². The highest BCUT2D eigenvalue weighted by molar-refractivity contribution is 8.23. The summed E-state index contributed by atoms with van der Waals surface area (Å²) in [7, 11) is 0. The van der Waals surface area contributed by atoms with Crippen molar-refractivity contribution in [3.8, 4) is 22.4 Å². The Morgan fingerprint density at radius 3 is 2.04 bits per heavy atom. The smallest absolute Gasteiger partial charge is 0.0986 e. The summed E-state index contributed by atoms with van der Waals surface area (Å²) in [6.07, 6.45) is -0.366. The van der Waals surface area contributed by atoms with E-state index in [1.54, 1.807) is 0 Å². The zero-order valence-electron chi connectivity index (χ0n) is 14.4. The average molecular weight is 382 g/mol. The Bertz CT molecular complexity index is 1190. The minimum absolute atomic E-state index is 1.02. The molecule has 4 aromatic rings. The van der Waals surface area contributed by atoms with Crippen LogP contribution in [0.4, 0.5) is 11.4 Å². The second kappa shape index (κ2) is 5.39. The maximum Gasteiger partial charge on any atom is 0.0986 e. The third-order valence-corrected chi connectivity index (χ3v) is 10.2.